The summed E-state index contributed by atoms with van der Waals surface area (Å²) in [6.45, 7) is 6.05. The molecule has 4 N–H and O–H groups in total. The number of carbonyl (C=O) groups is 2. The second-order valence-corrected chi connectivity index (χ2v) is 8.76. The summed E-state index contributed by atoms with van der Waals surface area (Å²) in [7, 11) is 0. The highest BCUT2D eigenvalue weighted by atomic mass is 16.2. The van der Waals surface area contributed by atoms with Crippen LogP contribution in [0.15, 0.2) is 42.6 Å². The minimum absolute atomic E-state index is 0.118. The lowest BCUT2D eigenvalue weighted by atomic mass is 10.0. The highest BCUT2D eigenvalue weighted by molar-refractivity contribution is 5.94. The van der Waals surface area contributed by atoms with Crippen LogP contribution in [0.5, 0.6) is 0 Å². The fraction of sp³-hybridized carbons (Fsp3) is 0.458. The number of anilines is 1. The summed E-state index contributed by atoms with van der Waals surface area (Å²) in [6, 6.07) is 12.0. The van der Waals surface area contributed by atoms with Gasteiger partial charge in [0.05, 0.1) is 0 Å². The first-order chi connectivity index (χ1) is 15.5. The van der Waals surface area contributed by atoms with Crippen LogP contribution in [-0.2, 0) is 17.9 Å². The van der Waals surface area contributed by atoms with E-state index < -0.39 is 0 Å². The third kappa shape index (κ3) is 5.63. The first kappa shape index (κ1) is 22.2. The Labute approximate surface area is 189 Å². The van der Waals surface area contributed by atoms with Crippen molar-refractivity contribution < 1.29 is 9.59 Å². The van der Waals surface area contributed by atoms with Crippen LogP contribution in [-0.4, -0.2) is 64.9 Å². The number of fused-ring (bicyclic) bond motifs is 1. The standard InChI is InChI=1S/C24H32N6O2/c1-17(31)30-10-7-22(8-11-30)28-23-12-18(6-9-26-23)24(32)27-13-21(25)16-29-14-19-4-2-3-5-20(19)15-29/h2-6,9,12,21-22H,7-8,10-11,13-16,25H2,1H3,(H,26,28)(H,27,32). The molecule has 1 saturated heterocycles. The van der Waals surface area contributed by atoms with Crippen LogP contribution >= 0.6 is 0 Å². The number of nitrogens with zero attached hydrogens (tertiary/aromatic N) is 3. The number of nitrogens with two attached hydrogens (primary N) is 1. The number of nitrogens with one attached hydrogen (secondary N) is 2. The second-order valence-electron chi connectivity index (χ2n) is 8.76. The Kier molecular flexibility index (Phi) is 7.02. The lowest BCUT2D eigenvalue weighted by molar-refractivity contribution is -0.129. The van der Waals surface area contributed by atoms with Crippen molar-refractivity contribution in [1.29, 1.82) is 0 Å². The smallest absolute Gasteiger partial charge is 0.251 e. The predicted octanol–water partition coefficient (Wildman–Crippen LogP) is 1.58. The van der Waals surface area contributed by atoms with Gasteiger partial charge in [-0.3, -0.25) is 14.5 Å². The molecule has 0 aliphatic carbocycles. The van der Waals surface area contributed by atoms with Gasteiger partial charge in [-0.2, -0.15) is 0 Å². The minimum atomic E-state index is -0.151. The molecule has 8 heteroatoms. The number of hydrogen-bond donors (Lipinski definition) is 3. The molecule has 1 aromatic carbocycles. The Hall–Kier alpha value is -2.97. The molecule has 2 amide bonds. The quantitative estimate of drug-likeness (QED) is 0.609. The van der Waals surface area contributed by atoms with Crippen molar-refractivity contribution in [3.8, 4) is 0 Å². The van der Waals surface area contributed by atoms with E-state index in [0.29, 0.717) is 17.9 Å². The maximum absolute atomic E-state index is 12.6. The molecule has 1 aromatic heterocycles. The Morgan fingerprint density at radius 3 is 2.50 bits per heavy atom. The number of amides is 2. The summed E-state index contributed by atoms with van der Waals surface area (Å²) in [6.07, 6.45) is 3.38. The number of benzene rings is 1. The van der Waals surface area contributed by atoms with E-state index in [1.165, 1.54) is 11.1 Å². The average molecular weight is 437 g/mol. The fourth-order valence-electron chi connectivity index (χ4n) is 4.45. The predicted molar refractivity (Wildman–Crippen MR) is 124 cm³/mol. The third-order valence-corrected chi connectivity index (χ3v) is 6.24. The molecule has 1 fully saturated rings. The van der Waals surface area contributed by atoms with Crippen LogP contribution in [0, 0.1) is 0 Å². The fourth-order valence-corrected chi connectivity index (χ4v) is 4.45. The molecule has 2 aliphatic heterocycles. The Morgan fingerprint density at radius 1 is 1.16 bits per heavy atom. The first-order valence-electron chi connectivity index (χ1n) is 11.3. The molecule has 32 heavy (non-hydrogen) atoms. The lowest BCUT2D eigenvalue weighted by Gasteiger charge is -2.32. The second kappa shape index (κ2) is 10.1. The topological polar surface area (TPSA) is 104 Å². The van der Waals surface area contributed by atoms with Gasteiger partial charge in [-0.15, -0.1) is 0 Å². The zero-order valence-corrected chi connectivity index (χ0v) is 18.6. The van der Waals surface area contributed by atoms with Crippen molar-refractivity contribution in [2.45, 2.75) is 44.9 Å². The van der Waals surface area contributed by atoms with Crippen molar-refractivity contribution in [2.75, 3.05) is 31.5 Å². The maximum Gasteiger partial charge on any atom is 0.251 e. The van der Waals surface area contributed by atoms with Gasteiger partial charge in [-0.25, -0.2) is 4.98 Å². The Balaban J connectivity index is 1.23. The van der Waals surface area contributed by atoms with E-state index in [0.717, 1.165) is 45.6 Å². The van der Waals surface area contributed by atoms with E-state index in [9.17, 15) is 9.59 Å². The van der Waals surface area contributed by atoms with E-state index in [2.05, 4.69) is 44.8 Å². The molecular formula is C24H32N6O2. The first-order valence-corrected chi connectivity index (χ1v) is 11.3. The Morgan fingerprint density at radius 2 is 1.84 bits per heavy atom. The molecule has 1 unspecified atom stereocenters. The van der Waals surface area contributed by atoms with Gasteiger partial charge < -0.3 is 21.3 Å². The van der Waals surface area contributed by atoms with Gasteiger partial charge in [0.25, 0.3) is 5.91 Å². The molecule has 3 heterocycles. The number of piperidine rings is 1. The summed E-state index contributed by atoms with van der Waals surface area (Å²) in [5, 5.41) is 6.35. The molecule has 170 valence electrons. The maximum atomic E-state index is 12.6. The molecule has 2 aliphatic rings. The Bertz CT molecular complexity index is 932. The summed E-state index contributed by atoms with van der Waals surface area (Å²) < 4.78 is 0. The number of pyridine rings is 1. The number of carbonyl (C=O) groups excluding carboxylic acids is 2. The SMILES string of the molecule is CC(=O)N1CCC(Nc2cc(C(=O)NCC(N)CN3Cc4ccccc4C3)ccn2)CC1. The summed E-state index contributed by atoms with van der Waals surface area (Å²) in [4.78, 5) is 32.6. The molecule has 0 bridgehead atoms. The van der Waals surface area contributed by atoms with Crippen LogP contribution in [0.3, 0.4) is 0 Å². The number of hydrogen-bond acceptors (Lipinski definition) is 6. The number of likely N-dealkylation sites (tertiary alicyclic amines) is 1. The van der Waals surface area contributed by atoms with Crippen LogP contribution < -0.4 is 16.4 Å². The van der Waals surface area contributed by atoms with E-state index in [1.54, 1.807) is 25.3 Å². The van der Waals surface area contributed by atoms with Crippen LogP contribution in [0.2, 0.25) is 0 Å². The van der Waals surface area contributed by atoms with Gasteiger partial charge in [0.1, 0.15) is 5.82 Å². The van der Waals surface area contributed by atoms with Gasteiger partial charge in [0.2, 0.25) is 5.91 Å². The minimum Gasteiger partial charge on any atom is -0.367 e. The van der Waals surface area contributed by atoms with Gasteiger partial charge >= 0.3 is 0 Å². The summed E-state index contributed by atoms with van der Waals surface area (Å²) in [5.74, 6) is 0.646. The van der Waals surface area contributed by atoms with Gasteiger partial charge in [-0.1, -0.05) is 24.3 Å². The van der Waals surface area contributed by atoms with E-state index >= 15 is 0 Å². The molecule has 8 nitrogen and oxygen atoms in total. The van der Waals surface area contributed by atoms with Gasteiger partial charge in [0.15, 0.2) is 0 Å². The highest BCUT2D eigenvalue weighted by Crippen LogP contribution is 2.22. The third-order valence-electron chi connectivity index (χ3n) is 6.24. The highest BCUT2D eigenvalue weighted by Gasteiger charge is 2.22. The largest absolute Gasteiger partial charge is 0.367 e. The average Bonchev–Trinajstić information content (AvgIpc) is 3.20. The van der Waals surface area contributed by atoms with E-state index in [1.807, 2.05) is 4.90 Å². The summed E-state index contributed by atoms with van der Waals surface area (Å²) >= 11 is 0. The van der Waals surface area contributed by atoms with Gasteiger partial charge in [0, 0.05) is 70.0 Å². The molecular weight excluding hydrogens is 404 g/mol. The van der Waals surface area contributed by atoms with E-state index in [-0.39, 0.29) is 23.9 Å². The monoisotopic (exact) mass is 436 g/mol. The van der Waals surface area contributed by atoms with Crippen molar-refractivity contribution in [2.24, 2.45) is 5.73 Å². The molecule has 4 rings (SSSR count). The van der Waals surface area contributed by atoms with Crippen molar-refractivity contribution in [3.63, 3.8) is 0 Å². The lowest BCUT2D eigenvalue weighted by Crippen LogP contribution is -2.43. The number of aromatic nitrogens is 1. The van der Waals surface area contributed by atoms with Gasteiger partial charge in [-0.05, 0) is 36.1 Å². The van der Waals surface area contributed by atoms with E-state index in [4.69, 9.17) is 5.73 Å². The molecule has 0 saturated carbocycles. The molecule has 2 aromatic rings. The summed E-state index contributed by atoms with van der Waals surface area (Å²) in [5.41, 5.74) is 9.56. The van der Waals surface area contributed by atoms with Crippen LogP contribution in [0.25, 0.3) is 0 Å². The zero-order valence-electron chi connectivity index (χ0n) is 18.6. The van der Waals surface area contributed by atoms with Crippen molar-refractivity contribution in [1.82, 2.24) is 20.1 Å². The number of rotatable bonds is 7. The molecule has 0 spiro atoms. The van der Waals surface area contributed by atoms with Crippen LogP contribution in [0.1, 0.15) is 41.3 Å². The molecule has 1 atom stereocenters. The molecule has 0 radical (unpaired) electrons. The van der Waals surface area contributed by atoms with Crippen molar-refractivity contribution >= 4 is 17.6 Å². The zero-order chi connectivity index (χ0) is 22.5. The normalized spacial score (nSPS) is 17.6. The van der Waals surface area contributed by atoms with Crippen molar-refractivity contribution in [3.05, 3.63) is 59.3 Å². The van der Waals surface area contributed by atoms with Crippen LogP contribution in [0.4, 0.5) is 5.82 Å².